The number of nitrogens with one attached hydrogen (secondary N) is 1. The number of nitrogens with zero attached hydrogens (tertiary/aromatic N) is 1. The lowest BCUT2D eigenvalue weighted by Gasteiger charge is -2.23. The Morgan fingerprint density at radius 1 is 0.923 bits per heavy atom. The number of ether oxygens (including phenoxy) is 3. The molecule has 0 saturated carbocycles. The third kappa shape index (κ3) is 8.23. The molecule has 0 aromatic heterocycles. The normalized spacial score (nSPS) is 14.0. The van der Waals surface area contributed by atoms with Crippen molar-refractivity contribution in [1.29, 1.82) is 0 Å². The number of aromatic carboxylic acids is 1. The van der Waals surface area contributed by atoms with Crippen LogP contribution in [0.5, 0.6) is 17.2 Å². The fourth-order valence-corrected chi connectivity index (χ4v) is 4.13. The number of hydrogen-bond acceptors (Lipinski definition) is 6. The molecule has 0 radical (unpaired) electrons. The molecule has 39 heavy (non-hydrogen) atoms. The molecule has 1 aliphatic rings. The molecular formula is C30H34N2O7. The minimum Gasteiger partial charge on any atom is -0.491 e. The molecule has 4 rings (SSSR count). The number of anilines is 1. The van der Waals surface area contributed by atoms with E-state index < -0.39 is 5.97 Å². The molecule has 2 amide bonds. The van der Waals surface area contributed by atoms with E-state index in [0.717, 1.165) is 18.4 Å². The van der Waals surface area contributed by atoms with Gasteiger partial charge in [-0.25, -0.2) is 9.59 Å². The maximum absolute atomic E-state index is 12.4. The van der Waals surface area contributed by atoms with Gasteiger partial charge in [0.15, 0.2) is 0 Å². The fourth-order valence-electron chi connectivity index (χ4n) is 4.13. The number of methoxy groups -OCH3 is 1. The predicted octanol–water partition coefficient (Wildman–Crippen LogP) is 5.99. The SMILES string of the molecule is CC.COC(=O)N1CCC[C@@H]1COc1ccc(Oc2ccc(CC(=O)Nc3ccccc3C(=O)O)cc2)cc1. The molecule has 3 aromatic rings. The van der Waals surface area contributed by atoms with Crippen molar-refractivity contribution in [1.82, 2.24) is 4.90 Å². The Kier molecular flexibility index (Phi) is 10.7. The van der Waals surface area contributed by atoms with Gasteiger partial charge in [0, 0.05) is 6.54 Å². The average molecular weight is 535 g/mol. The van der Waals surface area contributed by atoms with Crippen LogP contribution in [0.2, 0.25) is 0 Å². The van der Waals surface area contributed by atoms with Gasteiger partial charge in [0.25, 0.3) is 0 Å². The zero-order valence-corrected chi connectivity index (χ0v) is 22.4. The summed E-state index contributed by atoms with van der Waals surface area (Å²) >= 11 is 0. The van der Waals surface area contributed by atoms with Gasteiger partial charge in [0.05, 0.1) is 30.8 Å². The molecule has 3 aromatic carbocycles. The van der Waals surface area contributed by atoms with Crippen molar-refractivity contribution in [3.63, 3.8) is 0 Å². The summed E-state index contributed by atoms with van der Waals surface area (Å²) in [6, 6.07) is 20.6. The predicted molar refractivity (Wildman–Crippen MR) is 148 cm³/mol. The molecule has 9 nitrogen and oxygen atoms in total. The number of benzene rings is 3. The molecule has 1 atom stereocenters. The number of amides is 2. The van der Waals surface area contributed by atoms with Crippen molar-refractivity contribution in [2.24, 2.45) is 0 Å². The lowest BCUT2D eigenvalue weighted by atomic mass is 10.1. The van der Waals surface area contributed by atoms with Crippen LogP contribution in [-0.2, 0) is 16.0 Å². The number of carboxylic acid groups (broad SMARTS) is 1. The number of hydrogen-bond donors (Lipinski definition) is 2. The zero-order chi connectivity index (χ0) is 28.2. The van der Waals surface area contributed by atoms with Crippen molar-refractivity contribution in [3.8, 4) is 17.2 Å². The Morgan fingerprint density at radius 2 is 1.54 bits per heavy atom. The van der Waals surface area contributed by atoms with E-state index >= 15 is 0 Å². The van der Waals surface area contributed by atoms with E-state index in [-0.39, 0.29) is 35.7 Å². The molecule has 1 aliphatic heterocycles. The second-order valence-corrected chi connectivity index (χ2v) is 8.56. The van der Waals surface area contributed by atoms with Crippen LogP contribution in [0.3, 0.4) is 0 Å². The van der Waals surface area contributed by atoms with Crippen molar-refractivity contribution >= 4 is 23.7 Å². The second kappa shape index (κ2) is 14.4. The third-order valence-electron chi connectivity index (χ3n) is 6.01. The Bertz CT molecular complexity index is 1240. The molecule has 1 saturated heterocycles. The molecule has 0 unspecified atom stereocenters. The van der Waals surface area contributed by atoms with Crippen LogP contribution in [0.15, 0.2) is 72.8 Å². The van der Waals surface area contributed by atoms with Gasteiger partial charge < -0.3 is 29.5 Å². The summed E-state index contributed by atoms with van der Waals surface area (Å²) in [6.45, 7) is 5.07. The summed E-state index contributed by atoms with van der Waals surface area (Å²) in [6.07, 6.45) is 1.57. The number of carbonyl (C=O) groups excluding carboxylic acids is 2. The van der Waals surface area contributed by atoms with E-state index in [4.69, 9.17) is 14.2 Å². The third-order valence-corrected chi connectivity index (χ3v) is 6.01. The Labute approximate surface area is 228 Å². The monoisotopic (exact) mass is 534 g/mol. The minimum atomic E-state index is -1.10. The standard InChI is InChI=1S/C28H28N2O7.C2H6/c1-35-28(34)30-16-4-5-20(30)18-36-21-12-14-23(15-13-21)37-22-10-8-19(9-11-22)17-26(31)29-25-7-3-2-6-24(25)27(32)33;1-2/h2-3,6-15,20H,4-5,16-18H2,1H3,(H,29,31)(H,32,33);1-2H3/t20-;/m1./s1. The van der Waals surface area contributed by atoms with E-state index in [1.807, 2.05) is 13.8 Å². The van der Waals surface area contributed by atoms with Crippen molar-refractivity contribution in [3.05, 3.63) is 83.9 Å². The topological polar surface area (TPSA) is 114 Å². The highest BCUT2D eigenvalue weighted by Crippen LogP contribution is 2.26. The number of para-hydroxylation sites is 1. The number of carbonyl (C=O) groups is 3. The first-order chi connectivity index (χ1) is 18.9. The lowest BCUT2D eigenvalue weighted by molar-refractivity contribution is -0.115. The van der Waals surface area contributed by atoms with Gasteiger partial charge >= 0.3 is 12.1 Å². The Morgan fingerprint density at radius 3 is 2.18 bits per heavy atom. The van der Waals surface area contributed by atoms with E-state index in [0.29, 0.717) is 30.4 Å². The lowest BCUT2D eigenvalue weighted by Crippen LogP contribution is -2.38. The summed E-state index contributed by atoms with van der Waals surface area (Å²) in [7, 11) is 1.38. The second-order valence-electron chi connectivity index (χ2n) is 8.56. The molecule has 9 heteroatoms. The van der Waals surface area contributed by atoms with Crippen LogP contribution in [0.1, 0.15) is 42.6 Å². The number of carboxylic acids is 1. The van der Waals surface area contributed by atoms with Crippen LogP contribution in [-0.4, -0.2) is 54.3 Å². The summed E-state index contributed by atoms with van der Waals surface area (Å²) in [5.41, 5.74) is 1.06. The molecule has 1 fully saturated rings. The van der Waals surface area contributed by atoms with E-state index in [9.17, 15) is 19.5 Å². The largest absolute Gasteiger partial charge is 0.491 e. The fraction of sp³-hybridized carbons (Fsp3) is 0.300. The van der Waals surface area contributed by atoms with Gasteiger partial charge in [-0.3, -0.25) is 4.79 Å². The van der Waals surface area contributed by atoms with E-state index in [1.54, 1.807) is 71.6 Å². The van der Waals surface area contributed by atoms with E-state index in [2.05, 4.69) is 5.32 Å². The quantitative estimate of drug-likeness (QED) is 0.346. The van der Waals surface area contributed by atoms with Gasteiger partial charge in [0.2, 0.25) is 5.91 Å². The summed E-state index contributed by atoms with van der Waals surface area (Å²) in [5, 5.41) is 11.9. The average Bonchev–Trinajstić information content (AvgIpc) is 3.43. The van der Waals surface area contributed by atoms with Crippen molar-refractivity contribution < 1.29 is 33.7 Å². The van der Waals surface area contributed by atoms with Crippen molar-refractivity contribution in [2.45, 2.75) is 39.2 Å². The molecule has 1 heterocycles. The first-order valence-corrected chi connectivity index (χ1v) is 12.9. The first-order valence-electron chi connectivity index (χ1n) is 12.9. The molecule has 206 valence electrons. The Balaban J connectivity index is 0.00000205. The van der Waals surface area contributed by atoms with Crippen LogP contribution in [0.25, 0.3) is 0 Å². The maximum atomic E-state index is 12.4. The van der Waals surface area contributed by atoms with Gasteiger partial charge in [-0.05, 0) is 66.9 Å². The number of likely N-dealkylation sites (tertiary alicyclic amines) is 1. The summed E-state index contributed by atoms with van der Waals surface area (Å²) < 4.78 is 16.6. The molecule has 0 bridgehead atoms. The molecular weight excluding hydrogens is 500 g/mol. The van der Waals surface area contributed by atoms with Crippen LogP contribution in [0, 0.1) is 0 Å². The van der Waals surface area contributed by atoms with E-state index in [1.165, 1.54) is 13.2 Å². The van der Waals surface area contributed by atoms with Gasteiger partial charge in [0.1, 0.15) is 23.9 Å². The summed E-state index contributed by atoms with van der Waals surface area (Å²) in [5.74, 6) is 0.491. The summed E-state index contributed by atoms with van der Waals surface area (Å²) in [4.78, 5) is 37.2. The van der Waals surface area contributed by atoms with Gasteiger partial charge in [-0.1, -0.05) is 38.1 Å². The molecule has 0 aliphatic carbocycles. The minimum absolute atomic E-state index is 0.00381. The van der Waals surface area contributed by atoms with Crippen LogP contribution >= 0.6 is 0 Å². The highest BCUT2D eigenvalue weighted by atomic mass is 16.5. The Hall–Kier alpha value is -4.53. The first kappa shape index (κ1) is 29.0. The maximum Gasteiger partial charge on any atom is 0.409 e. The van der Waals surface area contributed by atoms with Crippen molar-refractivity contribution in [2.75, 3.05) is 25.6 Å². The van der Waals surface area contributed by atoms with Gasteiger partial charge in [-0.2, -0.15) is 0 Å². The molecule has 0 spiro atoms. The van der Waals surface area contributed by atoms with Crippen LogP contribution < -0.4 is 14.8 Å². The smallest absolute Gasteiger partial charge is 0.409 e. The van der Waals surface area contributed by atoms with Crippen LogP contribution in [0.4, 0.5) is 10.5 Å². The number of rotatable bonds is 9. The highest BCUT2D eigenvalue weighted by molar-refractivity contribution is 6.01. The zero-order valence-electron chi connectivity index (χ0n) is 22.4. The highest BCUT2D eigenvalue weighted by Gasteiger charge is 2.29. The molecule has 2 N–H and O–H groups in total. The van der Waals surface area contributed by atoms with Gasteiger partial charge in [-0.15, -0.1) is 0 Å².